The van der Waals surface area contributed by atoms with E-state index in [9.17, 15) is 4.79 Å². The number of aromatic nitrogens is 1. The van der Waals surface area contributed by atoms with Crippen molar-refractivity contribution in [1.29, 1.82) is 0 Å². The van der Waals surface area contributed by atoms with Gasteiger partial charge in [-0.15, -0.1) is 0 Å². The summed E-state index contributed by atoms with van der Waals surface area (Å²) < 4.78 is 1.67. The lowest BCUT2D eigenvalue weighted by molar-refractivity contribution is 0.549. The predicted molar refractivity (Wildman–Crippen MR) is 62.7 cm³/mol. The summed E-state index contributed by atoms with van der Waals surface area (Å²) in [5.41, 5.74) is 2.29. The molecule has 2 aromatic rings. The van der Waals surface area contributed by atoms with Gasteiger partial charge in [-0.25, -0.2) is 0 Å². The third kappa shape index (κ3) is 1.80. The molecule has 0 aliphatic heterocycles. The van der Waals surface area contributed by atoms with Gasteiger partial charge in [0.2, 0.25) is 6.41 Å². The molecule has 0 saturated carbocycles. The van der Waals surface area contributed by atoms with E-state index >= 15 is 0 Å². The molecular formula is C13H15NO. The second-order valence-corrected chi connectivity index (χ2v) is 3.79. The summed E-state index contributed by atoms with van der Waals surface area (Å²) in [4.78, 5) is 10.9. The summed E-state index contributed by atoms with van der Waals surface area (Å²) in [6.45, 7) is 2.18. The fraction of sp³-hybridized carbons (Fsp3) is 0.308. The maximum absolute atomic E-state index is 10.9. The van der Waals surface area contributed by atoms with Gasteiger partial charge in [-0.3, -0.25) is 9.36 Å². The van der Waals surface area contributed by atoms with Gasteiger partial charge in [0.15, 0.2) is 0 Å². The lowest BCUT2D eigenvalue weighted by Crippen LogP contribution is -1.90. The van der Waals surface area contributed by atoms with E-state index in [4.69, 9.17) is 0 Å². The minimum absolute atomic E-state index is 0.873. The quantitative estimate of drug-likeness (QED) is 0.697. The molecule has 2 nitrogen and oxygen atoms in total. The number of benzene rings is 1. The average Bonchev–Trinajstić information content (AvgIpc) is 2.65. The van der Waals surface area contributed by atoms with Crippen molar-refractivity contribution in [2.75, 3.05) is 0 Å². The molecule has 0 amide bonds. The van der Waals surface area contributed by atoms with Crippen LogP contribution >= 0.6 is 0 Å². The Morgan fingerprint density at radius 2 is 2.13 bits per heavy atom. The molecule has 0 atom stereocenters. The van der Waals surface area contributed by atoms with Crippen LogP contribution in [0.4, 0.5) is 0 Å². The smallest absolute Gasteiger partial charge is 0.218 e. The zero-order valence-corrected chi connectivity index (χ0v) is 8.94. The molecule has 15 heavy (non-hydrogen) atoms. The van der Waals surface area contributed by atoms with Crippen LogP contribution in [0.1, 0.15) is 25.3 Å². The average molecular weight is 201 g/mol. The number of carbonyl (C=O) groups is 1. The highest BCUT2D eigenvalue weighted by molar-refractivity contribution is 5.88. The number of hydrogen-bond donors (Lipinski definition) is 0. The van der Waals surface area contributed by atoms with Crippen molar-refractivity contribution in [3.63, 3.8) is 0 Å². The molecule has 1 aromatic heterocycles. The Morgan fingerprint density at radius 3 is 2.87 bits per heavy atom. The topological polar surface area (TPSA) is 22.0 Å². The molecule has 78 valence electrons. The second-order valence-electron chi connectivity index (χ2n) is 3.79. The molecule has 0 aliphatic rings. The SMILES string of the molecule is CCCCc1cn(C=O)c2ccccc12. The first-order chi connectivity index (χ1) is 7.36. The minimum Gasteiger partial charge on any atom is -0.290 e. The highest BCUT2D eigenvalue weighted by atomic mass is 16.1. The third-order valence-corrected chi connectivity index (χ3v) is 2.74. The van der Waals surface area contributed by atoms with Crippen LogP contribution in [0.3, 0.4) is 0 Å². The Morgan fingerprint density at radius 1 is 1.33 bits per heavy atom. The minimum atomic E-state index is 0.873. The van der Waals surface area contributed by atoms with Gasteiger partial charge in [0, 0.05) is 11.6 Å². The Bertz CT molecular complexity index is 470. The summed E-state index contributed by atoms with van der Waals surface area (Å²) in [7, 11) is 0. The van der Waals surface area contributed by atoms with Crippen molar-refractivity contribution in [2.24, 2.45) is 0 Å². The van der Waals surface area contributed by atoms with Gasteiger partial charge < -0.3 is 0 Å². The molecular weight excluding hydrogens is 186 g/mol. The van der Waals surface area contributed by atoms with E-state index in [1.54, 1.807) is 4.57 Å². The van der Waals surface area contributed by atoms with E-state index in [0.717, 1.165) is 18.3 Å². The van der Waals surface area contributed by atoms with Crippen LogP contribution in [0.15, 0.2) is 30.5 Å². The van der Waals surface area contributed by atoms with E-state index in [1.165, 1.54) is 23.8 Å². The van der Waals surface area contributed by atoms with Crippen LogP contribution in [0.2, 0.25) is 0 Å². The van der Waals surface area contributed by atoms with Gasteiger partial charge in [-0.1, -0.05) is 31.5 Å². The van der Waals surface area contributed by atoms with Gasteiger partial charge in [0.05, 0.1) is 5.52 Å². The highest BCUT2D eigenvalue weighted by Crippen LogP contribution is 2.21. The molecule has 0 saturated heterocycles. The largest absolute Gasteiger partial charge is 0.290 e. The van der Waals surface area contributed by atoms with Crippen molar-refractivity contribution in [3.8, 4) is 0 Å². The zero-order chi connectivity index (χ0) is 10.7. The molecule has 0 fully saturated rings. The number of nitrogens with zero attached hydrogens (tertiary/aromatic N) is 1. The molecule has 2 heteroatoms. The standard InChI is InChI=1S/C13H15NO/c1-2-3-6-11-9-14(10-15)13-8-5-4-7-12(11)13/h4-5,7-10H,2-3,6H2,1H3. The first-order valence-corrected chi connectivity index (χ1v) is 5.40. The monoisotopic (exact) mass is 201 g/mol. The predicted octanol–water partition coefficient (Wildman–Crippen LogP) is 3.02. The molecule has 0 spiro atoms. The highest BCUT2D eigenvalue weighted by Gasteiger charge is 2.06. The van der Waals surface area contributed by atoms with Crippen LogP contribution in [0, 0.1) is 0 Å². The number of para-hydroxylation sites is 1. The normalized spacial score (nSPS) is 10.7. The van der Waals surface area contributed by atoms with Crippen molar-refractivity contribution in [3.05, 3.63) is 36.0 Å². The van der Waals surface area contributed by atoms with Crippen molar-refractivity contribution < 1.29 is 4.79 Å². The lowest BCUT2D eigenvalue weighted by atomic mass is 10.1. The van der Waals surface area contributed by atoms with E-state index in [1.807, 2.05) is 24.4 Å². The zero-order valence-electron chi connectivity index (χ0n) is 8.94. The van der Waals surface area contributed by atoms with Gasteiger partial charge in [-0.05, 0) is 24.5 Å². The number of fused-ring (bicyclic) bond motifs is 1. The van der Waals surface area contributed by atoms with Crippen LogP contribution < -0.4 is 0 Å². The molecule has 0 aliphatic carbocycles. The molecule has 1 heterocycles. The van der Waals surface area contributed by atoms with Crippen LogP contribution in [-0.2, 0) is 11.2 Å². The molecule has 0 unspecified atom stereocenters. The van der Waals surface area contributed by atoms with E-state index < -0.39 is 0 Å². The van der Waals surface area contributed by atoms with Gasteiger partial charge >= 0.3 is 0 Å². The molecule has 0 N–H and O–H groups in total. The maximum atomic E-state index is 10.9. The number of hydrogen-bond acceptors (Lipinski definition) is 1. The summed E-state index contributed by atoms with van der Waals surface area (Å²) in [6.07, 6.45) is 6.23. The molecule has 2 rings (SSSR count). The first-order valence-electron chi connectivity index (χ1n) is 5.40. The number of rotatable bonds is 4. The lowest BCUT2D eigenvalue weighted by Gasteiger charge is -1.95. The summed E-state index contributed by atoms with van der Waals surface area (Å²) in [6, 6.07) is 8.05. The Kier molecular flexibility index (Phi) is 2.86. The first kappa shape index (κ1) is 9.97. The molecule has 1 aromatic carbocycles. The van der Waals surface area contributed by atoms with Gasteiger partial charge in [0.1, 0.15) is 0 Å². The van der Waals surface area contributed by atoms with E-state index in [0.29, 0.717) is 0 Å². The Balaban J connectivity index is 2.50. The van der Waals surface area contributed by atoms with Crippen LogP contribution in [-0.4, -0.2) is 11.0 Å². The van der Waals surface area contributed by atoms with Gasteiger partial charge in [0.25, 0.3) is 0 Å². The Labute approximate surface area is 89.5 Å². The van der Waals surface area contributed by atoms with Crippen LogP contribution in [0.25, 0.3) is 10.9 Å². The number of aryl methyl sites for hydroxylation is 1. The van der Waals surface area contributed by atoms with Crippen molar-refractivity contribution in [2.45, 2.75) is 26.2 Å². The van der Waals surface area contributed by atoms with E-state index in [2.05, 4.69) is 13.0 Å². The third-order valence-electron chi connectivity index (χ3n) is 2.74. The number of unbranched alkanes of at least 4 members (excludes halogenated alkanes) is 1. The fourth-order valence-electron chi connectivity index (χ4n) is 1.93. The van der Waals surface area contributed by atoms with Gasteiger partial charge in [-0.2, -0.15) is 0 Å². The summed E-state index contributed by atoms with van der Waals surface area (Å²) in [5.74, 6) is 0. The molecule has 0 radical (unpaired) electrons. The Hall–Kier alpha value is -1.57. The maximum Gasteiger partial charge on any atom is 0.218 e. The molecule has 0 bridgehead atoms. The van der Waals surface area contributed by atoms with E-state index in [-0.39, 0.29) is 0 Å². The summed E-state index contributed by atoms with van der Waals surface area (Å²) in [5, 5.41) is 1.21. The second kappa shape index (κ2) is 4.30. The van der Waals surface area contributed by atoms with Crippen LogP contribution in [0.5, 0.6) is 0 Å². The fourth-order valence-corrected chi connectivity index (χ4v) is 1.93. The van der Waals surface area contributed by atoms with Crippen molar-refractivity contribution >= 4 is 17.3 Å². The number of carbonyl (C=O) groups excluding carboxylic acids is 1. The van der Waals surface area contributed by atoms with Crippen molar-refractivity contribution in [1.82, 2.24) is 4.57 Å². The summed E-state index contributed by atoms with van der Waals surface area (Å²) >= 11 is 0.